The van der Waals surface area contributed by atoms with Crippen LogP contribution in [0, 0.1) is 41.9 Å². The molecule has 2 aliphatic rings. The van der Waals surface area contributed by atoms with Crippen LogP contribution in [0.4, 0.5) is 0 Å². The van der Waals surface area contributed by atoms with Gasteiger partial charge in [0.25, 0.3) is 0 Å². The lowest BCUT2D eigenvalue weighted by Crippen LogP contribution is -2.53. The molecule has 0 amide bonds. The third-order valence-electron chi connectivity index (χ3n) is 7.50. The molecule has 9 atom stereocenters. The zero-order valence-corrected chi connectivity index (χ0v) is 19.4. The normalized spacial score (nSPS) is 36.7. The van der Waals surface area contributed by atoms with Crippen molar-refractivity contribution in [2.45, 2.75) is 110 Å². The molecular formula is C26H44O3. The number of ether oxygens (including phenoxy) is 2. The SMILES string of the molecule is C#C[C@@H](C)[C@@H](O)CC[C@@H](C)[C@@H]1O[C@]2(CC[C@@H](C)[C@H](CC[C@H](C)C=C)O2)CC[C@@H]1C. The Morgan fingerprint density at radius 1 is 1.10 bits per heavy atom. The summed E-state index contributed by atoms with van der Waals surface area (Å²) in [5.41, 5.74) is 0. The van der Waals surface area contributed by atoms with E-state index < -0.39 is 11.9 Å². The van der Waals surface area contributed by atoms with E-state index in [2.05, 4.69) is 40.2 Å². The van der Waals surface area contributed by atoms with E-state index in [-0.39, 0.29) is 18.1 Å². The van der Waals surface area contributed by atoms with Crippen molar-refractivity contribution in [3.63, 3.8) is 0 Å². The topological polar surface area (TPSA) is 38.7 Å². The molecule has 2 aliphatic heterocycles. The van der Waals surface area contributed by atoms with E-state index in [0.717, 1.165) is 44.9 Å². The molecule has 1 spiro atoms. The average Bonchev–Trinajstić information content (AvgIpc) is 2.73. The number of aliphatic hydroxyl groups excluding tert-OH is 1. The van der Waals surface area contributed by atoms with E-state index in [4.69, 9.17) is 15.9 Å². The highest BCUT2D eigenvalue weighted by Crippen LogP contribution is 2.45. The molecule has 166 valence electrons. The smallest absolute Gasteiger partial charge is 0.169 e. The van der Waals surface area contributed by atoms with Gasteiger partial charge in [-0.2, -0.15) is 0 Å². The first-order chi connectivity index (χ1) is 13.7. The Bertz CT molecular complexity index is 549. The van der Waals surface area contributed by atoms with Gasteiger partial charge in [0, 0.05) is 18.8 Å². The lowest BCUT2D eigenvalue weighted by Gasteiger charge is -2.51. The maximum atomic E-state index is 10.2. The second-order valence-corrected chi connectivity index (χ2v) is 10.0. The van der Waals surface area contributed by atoms with E-state index >= 15 is 0 Å². The first-order valence-corrected chi connectivity index (χ1v) is 11.8. The summed E-state index contributed by atoms with van der Waals surface area (Å²) in [6.07, 6.45) is 15.7. The Labute approximate surface area is 179 Å². The number of terminal acetylenes is 1. The van der Waals surface area contributed by atoms with Crippen molar-refractivity contribution in [1.82, 2.24) is 0 Å². The van der Waals surface area contributed by atoms with Crippen LogP contribution >= 0.6 is 0 Å². The summed E-state index contributed by atoms with van der Waals surface area (Å²) in [6.45, 7) is 14.9. The van der Waals surface area contributed by atoms with Crippen LogP contribution in [0.25, 0.3) is 0 Å². The third-order valence-corrected chi connectivity index (χ3v) is 7.50. The van der Waals surface area contributed by atoms with Gasteiger partial charge in [0.1, 0.15) is 0 Å². The third kappa shape index (κ3) is 6.58. The zero-order chi connectivity index (χ0) is 21.6. The minimum absolute atomic E-state index is 0.0971. The van der Waals surface area contributed by atoms with Crippen LogP contribution in [0.1, 0.15) is 86.0 Å². The molecule has 2 saturated heterocycles. The minimum Gasteiger partial charge on any atom is -0.392 e. The minimum atomic E-state index is -0.432. The van der Waals surface area contributed by atoms with Crippen LogP contribution in [0.15, 0.2) is 12.7 Å². The van der Waals surface area contributed by atoms with E-state index in [1.807, 2.05) is 13.0 Å². The fraction of sp³-hybridized carbons (Fsp3) is 0.846. The fourth-order valence-corrected chi connectivity index (χ4v) is 4.91. The average molecular weight is 405 g/mol. The molecule has 0 unspecified atom stereocenters. The van der Waals surface area contributed by atoms with Gasteiger partial charge in [-0.1, -0.05) is 33.8 Å². The first-order valence-electron chi connectivity index (χ1n) is 11.8. The molecule has 1 N–H and O–H groups in total. The summed E-state index contributed by atoms with van der Waals surface area (Å²) in [6, 6.07) is 0. The van der Waals surface area contributed by atoms with Crippen molar-refractivity contribution in [3.8, 4) is 12.3 Å². The first kappa shape index (κ1) is 24.4. The van der Waals surface area contributed by atoms with Crippen molar-refractivity contribution in [1.29, 1.82) is 0 Å². The van der Waals surface area contributed by atoms with Crippen molar-refractivity contribution >= 4 is 0 Å². The molecule has 0 aliphatic carbocycles. The number of aliphatic hydroxyl groups is 1. The Morgan fingerprint density at radius 2 is 1.76 bits per heavy atom. The molecule has 0 bridgehead atoms. The van der Waals surface area contributed by atoms with E-state index in [1.165, 1.54) is 6.42 Å². The van der Waals surface area contributed by atoms with E-state index in [0.29, 0.717) is 23.7 Å². The van der Waals surface area contributed by atoms with E-state index in [9.17, 15) is 5.11 Å². The summed E-state index contributed by atoms with van der Waals surface area (Å²) in [4.78, 5) is 0. The van der Waals surface area contributed by atoms with E-state index in [1.54, 1.807) is 0 Å². The van der Waals surface area contributed by atoms with Gasteiger partial charge in [0.15, 0.2) is 5.79 Å². The maximum Gasteiger partial charge on any atom is 0.169 e. The molecule has 0 saturated carbocycles. The van der Waals surface area contributed by atoms with Crippen LogP contribution in [0.5, 0.6) is 0 Å². The quantitative estimate of drug-likeness (QED) is 0.380. The van der Waals surface area contributed by atoms with Crippen LogP contribution in [0.2, 0.25) is 0 Å². The van der Waals surface area contributed by atoms with Crippen LogP contribution in [-0.2, 0) is 9.47 Å². The van der Waals surface area contributed by atoms with Gasteiger partial charge in [0.2, 0.25) is 0 Å². The lowest BCUT2D eigenvalue weighted by atomic mass is 9.79. The number of hydrogen-bond acceptors (Lipinski definition) is 3. The molecular weight excluding hydrogens is 360 g/mol. The van der Waals surface area contributed by atoms with Crippen molar-refractivity contribution < 1.29 is 14.6 Å². The molecule has 0 aromatic carbocycles. The summed E-state index contributed by atoms with van der Waals surface area (Å²) in [7, 11) is 0. The Balaban J connectivity index is 1.97. The van der Waals surface area contributed by atoms with Gasteiger partial charge in [-0.05, 0) is 69.1 Å². The summed E-state index contributed by atoms with van der Waals surface area (Å²) < 4.78 is 13.5. The number of hydrogen-bond donors (Lipinski definition) is 1. The molecule has 2 fully saturated rings. The van der Waals surface area contributed by atoms with Gasteiger partial charge in [0.05, 0.1) is 18.3 Å². The number of rotatable bonds is 9. The van der Waals surface area contributed by atoms with Crippen molar-refractivity contribution in [2.24, 2.45) is 29.6 Å². The Kier molecular flexibility index (Phi) is 9.26. The summed E-state index contributed by atoms with van der Waals surface area (Å²) in [5, 5.41) is 10.2. The van der Waals surface area contributed by atoms with Gasteiger partial charge >= 0.3 is 0 Å². The summed E-state index contributed by atoms with van der Waals surface area (Å²) in [5.74, 6) is 4.14. The highest BCUT2D eigenvalue weighted by atomic mass is 16.7. The van der Waals surface area contributed by atoms with Crippen molar-refractivity contribution in [3.05, 3.63) is 12.7 Å². The van der Waals surface area contributed by atoms with Crippen LogP contribution < -0.4 is 0 Å². The predicted molar refractivity (Wildman–Crippen MR) is 120 cm³/mol. The molecule has 0 aromatic heterocycles. The van der Waals surface area contributed by atoms with Gasteiger partial charge < -0.3 is 14.6 Å². The zero-order valence-electron chi connectivity index (χ0n) is 19.4. The van der Waals surface area contributed by atoms with Gasteiger partial charge in [-0.3, -0.25) is 0 Å². The molecule has 2 heterocycles. The molecule has 2 rings (SSSR count). The molecule has 3 heteroatoms. The Morgan fingerprint density at radius 3 is 2.38 bits per heavy atom. The fourth-order valence-electron chi connectivity index (χ4n) is 4.91. The standard InChI is InChI=1S/C26H44O3/c1-8-18(3)10-13-24-20(5)14-16-26(28-24)17-15-22(7)25(29-26)21(6)11-12-23(27)19(4)9-2/h2,8,18-25,27H,1,10-17H2,3-7H3/t18-,19-,20-,21-,22+,23+,24+,25+,26-/m1/s1. The molecule has 0 radical (unpaired) electrons. The molecule has 29 heavy (non-hydrogen) atoms. The van der Waals surface area contributed by atoms with Gasteiger partial charge in [-0.25, -0.2) is 0 Å². The predicted octanol–water partition coefficient (Wildman–Crippen LogP) is 5.96. The molecule has 3 nitrogen and oxygen atoms in total. The lowest BCUT2D eigenvalue weighted by molar-refractivity contribution is -0.338. The molecule has 0 aromatic rings. The highest BCUT2D eigenvalue weighted by Gasteiger charge is 2.47. The second-order valence-electron chi connectivity index (χ2n) is 10.0. The maximum absolute atomic E-state index is 10.2. The Hall–Kier alpha value is -0.820. The second kappa shape index (κ2) is 11.0. The monoisotopic (exact) mass is 404 g/mol. The van der Waals surface area contributed by atoms with Crippen LogP contribution in [0.3, 0.4) is 0 Å². The largest absolute Gasteiger partial charge is 0.392 e. The highest BCUT2D eigenvalue weighted by molar-refractivity contribution is 4.95. The van der Waals surface area contributed by atoms with Crippen LogP contribution in [-0.4, -0.2) is 29.2 Å². The summed E-state index contributed by atoms with van der Waals surface area (Å²) >= 11 is 0. The van der Waals surface area contributed by atoms with Gasteiger partial charge in [-0.15, -0.1) is 18.9 Å². The van der Waals surface area contributed by atoms with Crippen molar-refractivity contribution in [2.75, 3.05) is 0 Å². The number of allylic oxidation sites excluding steroid dienone is 1.